The summed E-state index contributed by atoms with van der Waals surface area (Å²) < 4.78 is 60.2. The quantitative estimate of drug-likeness (QED) is 0.905. The van der Waals surface area contributed by atoms with Crippen molar-refractivity contribution in [2.75, 3.05) is 4.72 Å². The normalized spacial score (nSPS) is 13.6. The molecule has 0 heterocycles. The zero-order valence-electron chi connectivity index (χ0n) is 11.1. The first-order valence-corrected chi connectivity index (χ1v) is 7.61. The largest absolute Gasteiger partial charge is 0.516 e. The number of anilines is 1. The number of alkyl halides is 3. The van der Waals surface area contributed by atoms with Crippen LogP contribution in [-0.2, 0) is 10.0 Å². The van der Waals surface area contributed by atoms with Gasteiger partial charge < -0.3 is 5.11 Å². The van der Waals surface area contributed by atoms with E-state index in [1.807, 2.05) is 0 Å². The Hall–Kier alpha value is -2.06. The molecule has 0 aliphatic heterocycles. The Balaban J connectivity index is 2.18. The molecule has 8 heteroatoms. The van der Waals surface area contributed by atoms with Crippen molar-refractivity contribution in [2.24, 2.45) is 0 Å². The Labute approximate surface area is 125 Å². The van der Waals surface area contributed by atoms with E-state index in [9.17, 15) is 26.7 Å². The monoisotopic (exact) mass is 331 g/mol. The van der Waals surface area contributed by atoms with Gasteiger partial charge in [0.15, 0.2) is 0 Å². The second-order valence-corrected chi connectivity index (χ2v) is 6.16. The van der Waals surface area contributed by atoms with Gasteiger partial charge in [0.25, 0.3) is 0 Å². The second kappa shape index (κ2) is 5.98. The number of hydrogen-bond acceptors (Lipinski definition) is 3. The molecule has 0 bridgehead atoms. The summed E-state index contributed by atoms with van der Waals surface area (Å²) in [6, 6.07) is 13.7. The van der Waals surface area contributed by atoms with Crippen LogP contribution in [0.15, 0.2) is 54.6 Å². The predicted molar refractivity (Wildman–Crippen MR) is 75.5 cm³/mol. The van der Waals surface area contributed by atoms with Crippen LogP contribution in [0, 0.1) is 0 Å². The Kier molecular flexibility index (Phi) is 4.43. The molecule has 4 nitrogen and oxygen atoms in total. The zero-order valence-corrected chi connectivity index (χ0v) is 11.9. The Morgan fingerprint density at radius 1 is 0.909 bits per heavy atom. The van der Waals surface area contributed by atoms with Crippen LogP contribution >= 0.6 is 0 Å². The second-order valence-electron chi connectivity index (χ2n) is 4.49. The van der Waals surface area contributed by atoms with E-state index in [2.05, 4.69) is 0 Å². The highest BCUT2D eigenvalue weighted by Gasteiger charge is 2.46. The molecule has 0 spiro atoms. The highest BCUT2D eigenvalue weighted by molar-refractivity contribution is 7.93. The minimum Gasteiger partial charge on any atom is -0.384 e. The molecule has 118 valence electrons. The van der Waals surface area contributed by atoms with E-state index in [0.717, 1.165) is 12.1 Å². The average Bonchev–Trinajstić information content (AvgIpc) is 2.47. The van der Waals surface area contributed by atoms with E-state index in [-0.39, 0.29) is 5.69 Å². The smallest absolute Gasteiger partial charge is 0.384 e. The predicted octanol–water partition coefficient (Wildman–Crippen LogP) is 3.03. The number of halogens is 3. The van der Waals surface area contributed by atoms with Crippen molar-refractivity contribution in [3.8, 4) is 0 Å². The van der Waals surface area contributed by atoms with E-state index >= 15 is 0 Å². The molecule has 1 unspecified atom stereocenters. The molecule has 1 atom stereocenters. The van der Waals surface area contributed by atoms with Crippen LogP contribution < -0.4 is 4.72 Å². The van der Waals surface area contributed by atoms with Crippen LogP contribution in [-0.4, -0.2) is 19.0 Å². The summed E-state index contributed by atoms with van der Waals surface area (Å²) in [6.07, 6.45) is -0.950. The molecule has 0 aromatic heterocycles. The van der Waals surface area contributed by atoms with Crippen molar-refractivity contribution in [1.82, 2.24) is 0 Å². The molecule has 0 fully saturated rings. The van der Waals surface area contributed by atoms with Crippen molar-refractivity contribution in [2.45, 2.75) is 11.6 Å². The molecule has 2 rings (SSSR count). The van der Waals surface area contributed by atoms with Gasteiger partial charge in [-0.25, -0.2) is 0 Å². The molecular weight excluding hydrogens is 319 g/mol. The van der Waals surface area contributed by atoms with Gasteiger partial charge in [0.05, 0.1) is 0 Å². The summed E-state index contributed by atoms with van der Waals surface area (Å²) >= 11 is 0. The first-order valence-electron chi connectivity index (χ1n) is 6.13. The Morgan fingerprint density at radius 2 is 1.41 bits per heavy atom. The van der Waals surface area contributed by atoms with E-state index in [4.69, 9.17) is 0 Å². The number of rotatable bonds is 4. The van der Waals surface area contributed by atoms with Gasteiger partial charge in [-0.3, -0.25) is 4.72 Å². The van der Waals surface area contributed by atoms with Crippen LogP contribution in [0.1, 0.15) is 17.2 Å². The van der Waals surface area contributed by atoms with E-state index in [1.165, 1.54) is 16.9 Å². The molecule has 2 N–H and O–H groups in total. The van der Waals surface area contributed by atoms with Gasteiger partial charge in [-0.1, -0.05) is 42.5 Å². The van der Waals surface area contributed by atoms with Gasteiger partial charge in [0.2, 0.25) is 0 Å². The van der Waals surface area contributed by atoms with Crippen LogP contribution in [0.25, 0.3) is 0 Å². The summed E-state index contributed by atoms with van der Waals surface area (Å²) in [7, 11) is -5.45. The van der Waals surface area contributed by atoms with Crippen LogP contribution in [0.3, 0.4) is 0 Å². The van der Waals surface area contributed by atoms with Crippen LogP contribution in [0.5, 0.6) is 0 Å². The molecule has 0 amide bonds. The van der Waals surface area contributed by atoms with E-state index in [1.54, 1.807) is 30.3 Å². The number of sulfonamides is 1. The standard InChI is InChI=1S/C14H12F3NO3S/c15-14(16,17)22(20,21)18-12-8-6-11(7-9-12)13(19)10-4-2-1-3-5-10/h1-9,13,18-19H. The molecule has 2 aromatic carbocycles. The van der Waals surface area contributed by atoms with Crippen molar-refractivity contribution in [1.29, 1.82) is 0 Å². The van der Waals surface area contributed by atoms with Gasteiger partial charge in [-0.2, -0.15) is 21.6 Å². The third-order valence-electron chi connectivity index (χ3n) is 2.90. The minimum absolute atomic E-state index is 0.235. The molecule has 2 aromatic rings. The number of hydrogen-bond donors (Lipinski definition) is 2. The number of benzene rings is 2. The summed E-state index contributed by atoms with van der Waals surface area (Å²) in [6.45, 7) is 0. The lowest BCUT2D eigenvalue weighted by Crippen LogP contribution is -2.29. The van der Waals surface area contributed by atoms with Crippen LogP contribution in [0.4, 0.5) is 18.9 Å². The highest BCUT2D eigenvalue weighted by atomic mass is 32.2. The fourth-order valence-corrected chi connectivity index (χ4v) is 2.34. The van der Waals surface area contributed by atoms with Gasteiger partial charge in [0.1, 0.15) is 6.10 Å². The molecule has 0 aliphatic carbocycles. The van der Waals surface area contributed by atoms with E-state index < -0.39 is 21.6 Å². The van der Waals surface area contributed by atoms with E-state index in [0.29, 0.717) is 11.1 Å². The summed E-state index contributed by atoms with van der Waals surface area (Å²) in [5.74, 6) is 0. The highest BCUT2D eigenvalue weighted by Crippen LogP contribution is 2.27. The number of aliphatic hydroxyl groups excluding tert-OH is 1. The number of aliphatic hydroxyl groups is 1. The average molecular weight is 331 g/mol. The Bertz CT molecular complexity index is 728. The van der Waals surface area contributed by atoms with Gasteiger partial charge in [-0.15, -0.1) is 0 Å². The fourth-order valence-electron chi connectivity index (χ4n) is 1.77. The minimum atomic E-state index is -5.45. The first-order chi connectivity index (χ1) is 10.2. The SMILES string of the molecule is O=S(=O)(Nc1ccc(C(O)c2ccccc2)cc1)C(F)(F)F. The molecule has 0 radical (unpaired) electrons. The van der Waals surface area contributed by atoms with Crippen molar-refractivity contribution < 1.29 is 26.7 Å². The summed E-state index contributed by atoms with van der Waals surface area (Å²) in [4.78, 5) is 0. The molecule has 22 heavy (non-hydrogen) atoms. The van der Waals surface area contributed by atoms with Crippen molar-refractivity contribution >= 4 is 15.7 Å². The third-order valence-corrected chi connectivity index (χ3v) is 4.01. The zero-order chi connectivity index (χ0) is 16.4. The fraction of sp³-hybridized carbons (Fsp3) is 0.143. The van der Waals surface area contributed by atoms with Gasteiger partial charge >= 0.3 is 15.5 Å². The third kappa shape index (κ3) is 3.58. The lowest BCUT2D eigenvalue weighted by Gasteiger charge is -2.13. The van der Waals surface area contributed by atoms with Gasteiger partial charge in [-0.05, 0) is 23.3 Å². The summed E-state index contributed by atoms with van der Waals surface area (Å²) in [5, 5.41) is 10.1. The lowest BCUT2D eigenvalue weighted by molar-refractivity contribution is -0.0429. The van der Waals surface area contributed by atoms with Crippen LogP contribution in [0.2, 0.25) is 0 Å². The molecule has 0 saturated heterocycles. The molecule has 0 saturated carbocycles. The van der Waals surface area contributed by atoms with Gasteiger partial charge in [0, 0.05) is 5.69 Å². The van der Waals surface area contributed by atoms with Crippen molar-refractivity contribution in [3.63, 3.8) is 0 Å². The summed E-state index contributed by atoms with van der Waals surface area (Å²) in [5.41, 5.74) is -4.57. The maximum Gasteiger partial charge on any atom is 0.516 e. The molecule has 0 aliphatic rings. The Morgan fingerprint density at radius 3 is 1.91 bits per heavy atom. The molecular formula is C14H12F3NO3S. The first kappa shape index (κ1) is 16.3. The topological polar surface area (TPSA) is 66.4 Å². The van der Waals surface area contributed by atoms with Crippen molar-refractivity contribution in [3.05, 3.63) is 65.7 Å². The lowest BCUT2D eigenvalue weighted by atomic mass is 10.0. The maximum atomic E-state index is 12.3. The maximum absolute atomic E-state index is 12.3. The number of nitrogens with one attached hydrogen (secondary N) is 1.